The SMILES string of the molecule is COC(=O)c1cccc(S[C@H]2OC(COC(C)=O)[C@H](OC(C)=O)[C@H](N=[N+]=[N-])C2OC(C)=O)c1. The lowest BCUT2D eigenvalue weighted by molar-refractivity contribution is -0.201. The number of esters is 4. The number of rotatable bonds is 8. The van der Waals surface area contributed by atoms with Crippen LogP contribution in [0.15, 0.2) is 34.3 Å². The van der Waals surface area contributed by atoms with Crippen LogP contribution in [-0.4, -0.2) is 67.4 Å². The van der Waals surface area contributed by atoms with E-state index in [1.807, 2.05) is 0 Å². The lowest BCUT2D eigenvalue weighted by Crippen LogP contribution is -2.59. The van der Waals surface area contributed by atoms with Crippen LogP contribution in [0.3, 0.4) is 0 Å². The van der Waals surface area contributed by atoms with E-state index >= 15 is 0 Å². The van der Waals surface area contributed by atoms with E-state index < -0.39 is 53.7 Å². The second-order valence-electron chi connectivity index (χ2n) is 6.83. The van der Waals surface area contributed by atoms with E-state index in [1.54, 1.807) is 24.3 Å². The largest absolute Gasteiger partial charge is 0.465 e. The van der Waals surface area contributed by atoms with Crippen LogP contribution in [-0.2, 0) is 38.1 Å². The minimum absolute atomic E-state index is 0.281. The Morgan fingerprint density at radius 1 is 1.09 bits per heavy atom. The van der Waals surface area contributed by atoms with Gasteiger partial charge in [-0.25, -0.2) is 4.79 Å². The molecule has 178 valence electrons. The highest BCUT2D eigenvalue weighted by atomic mass is 32.2. The third-order valence-corrected chi connectivity index (χ3v) is 5.50. The number of azide groups is 1. The standard InChI is InChI=1S/C20H23N3O9S/c1-10(24)29-9-15-17(30-11(2)25)16(22-23-21)18(31-12(3)26)20(32-15)33-14-7-5-6-13(8-14)19(27)28-4/h5-8,15-18,20H,9H2,1-4H3/t15?,16-,17-,18?,20+/m0/s1. The third kappa shape index (κ3) is 7.38. The molecule has 0 bridgehead atoms. The van der Waals surface area contributed by atoms with E-state index in [0.29, 0.717) is 4.90 Å². The molecule has 0 amide bonds. The number of carbonyl (C=O) groups excluding carboxylic acids is 4. The van der Waals surface area contributed by atoms with Gasteiger partial charge in [-0.15, -0.1) is 0 Å². The van der Waals surface area contributed by atoms with Crippen molar-refractivity contribution in [3.05, 3.63) is 40.3 Å². The van der Waals surface area contributed by atoms with Crippen molar-refractivity contribution in [2.45, 2.75) is 55.5 Å². The highest BCUT2D eigenvalue weighted by Gasteiger charge is 2.50. The molecule has 0 spiro atoms. The van der Waals surface area contributed by atoms with E-state index in [9.17, 15) is 19.2 Å². The predicted molar refractivity (Wildman–Crippen MR) is 113 cm³/mol. The van der Waals surface area contributed by atoms with Crippen LogP contribution in [0.4, 0.5) is 0 Å². The molecule has 2 rings (SSSR count). The summed E-state index contributed by atoms with van der Waals surface area (Å²) in [6, 6.07) is 5.24. The van der Waals surface area contributed by atoms with E-state index in [2.05, 4.69) is 10.0 Å². The second kappa shape index (κ2) is 12.1. The summed E-state index contributed by atoms with van der Waals surface area (Å²) in [5, 5.41) is 3.70. The molecule has 0 saturated carbocycles. The summed E-state index contributed by atoms with van der Waals surface area (Å²) in [7, 11) is 1.25. The molecular weight excluding hydrogens is 458 g/mol. The molecule has 2 unspecified atom stereocenters. The van der Waals surface area contributed by atoms with Crippen LogP contribution >= 0.6 is 11.8 Å². The quantitative estimate of drug-likeness (QED) is 0.177. The van der Waals surface area contributed by atoms with E-state index in [0.717, 1.165) is 18.7 Å². The van der Waals surface area contributed by atoms with E-state index in [4.69, 9.17) is 29.2 Å². The number of benzene rings is 1. The highest BCUT2D eigenvalue weighted by Crippen LogP contribution is 2.37. The lowest BCUT2D eigenvalue weighted by Gasteiger charge is -2.43. The fraction of sp³-hybridized carbons (Fsp3) is 0.500. The van der Waals surface area contributed by atoms with Crippen molar-refractivity contribution >= 4 is 35.6 Å². The summed E-state index contributed by atoms with van der Waals surface area (Å²) in [6.07, 6.45) is -3.38. The average Bonchev–Trinajstić information content (AvgIpc) is 2.75. The first-order valence-corrected chi connectivity index (χ1v) is 10.6. The van der Waals surface area contributed by atoms with Gasteiger partial charge in [0.25, 0.3) is 0 Å². The van der Waals surface area contributed by atoms with Crippen LogP contribution in [0.2, 0.25) is 0 Å². The summed E-state index contributed by atoms with van der Waals surface area (Å²) in [5.41, 5.74) is 8.43. The molecule has 1 saturated heterocycles. The van der Waals surface area contributed by atoms with Crippen molar-refractivity contribution in [3.63, 3.8) is 0 Å². The zero-order valence-corrected chi connectivity index (χ0v) is 19.1. The maximum Gasteiger partial charge on any atom is 0.337 e. The summed E-state index contributed by atoms with van der Waals surface area (Å²) in [6.45, 7) is 3.20. The van der Waals surface area contributed by atoms with Gasteiger partial charge in [-0.2, -0.15) is 0 Å². The maximum absolute atomic E-state index is 11.9. The molecule has 0 aromatic heterocycles. The molecule has 1 aliphatic rings. The first-order chi connectivity index (χ1) is 15.7. The van der Waals surface area contributed by atoms with Crippen molar-refractivity contribution in [2.24, 2.45) is 5.11 Å². The monoisotopic (exact) mass is 481 g/mol. The van der Waals surface area contributed by atoms with Gasteiger partial charge in [0.2, 0.25) is 0 Å². The van der Waals surface area contributed by atoms with E-state index in [1.165, 1.54) is 21.0 Å². The fourth-order valence-electron chi connectivity index (χ4n) is 3.12. The normalized spacial score (nSPS) is 24.1. The number of methoxy groups -OCH3 is 1. The first-order valence-electron chi connectivity index (χ1n) is 9.68. The number of hydrogen-bond acceptors (Lipinski definition) is 11. The molecule has 0 radical (unpaired) electrons. The Labute approximate surface area is 193 Å². The lowest BCUT2D eigenvalue weighted by atomic mass is 9.97. The molecule has 1 aromatic rings. The van der Waals surface area contributed by atoms with Crippen LogP contribution in [0.1, 0.15) is 31.1 Å². The Balaban J connectivity index is 2.45. The van der Waals surface area contributed by atoms with Gasteiger partial charge in [0.15, 0.2) is 0 Å². The number of hydrogen-bond donors (Lipinski definition) is 0. The Hall–Kier alpha value is -3.28. The van der Waals surface area contributed by atoms with Crippen LogP contribution in [0, 0.1) is 0 Å². The first kappa shape index (κ1) is 26.0. The second-order valence-corrected chi connectivity index (χ2v) is 8.00. The number of ether oxygens (including phenoxy) is 5. The Morgan fingerprint density at radius 3 is 2.33 bits per heavy atom. The van der Waals surface area contributed by atoms with Crippen LogP contribution in [0.25, 0.3) is 10.4 Å². The molecule has 1 fully saturated rings. The van der Waals surface area contributed by atoms with Crippen molar-refractivity contribution in [1.82, 2.24) is 0 Å². The molecule has 5 atom stereocenters. The predicted octanol–water partition coefficient (Wildman–Crippen LogP) is 2.40. The van der Waals surface area contributed by atoms with Gasteiger partial charge in [0.1, 0.15) is 36.4 Å². The third-order valence-electron chi connectivity index (χ3n) is 4.36. The maximum atomic E-state index is 11.9. The van der Waals surface area contributed by atoms with E-state index in [-0.39, 0.29) is 12.2 Å². The van der Waals surface area contributed by atoms with Gasteiger partial charge in [-0.3, -0.25) is 14.4 Å². The van der Waals surface area contributed by atoms with Gasteiger partial charge in [-0.05, 0) is 23.7 Å². The van der Waals surface area contributed by atoms with Crippen molar-refractivity contribution < 1.29 is 42.9 Å². The number of thioether (sulfide) groups is 1. The molecule has 33 heavy (non-hydrogen) atoms. The number of nitrogens with zero attached hydrogens (tertiary/aromatic N) is 3. The Kier molecular flexibility index (Phi) is 9.52. The number of carbonyl (C=O) groups is 4. The van der Waals surface area contributed by atoms with Crippen molar-refractivity contribution in [1.29, 1.82) is 0 Å². The minimum Gasteiger partial charge on any atom is -0.465 e. The summed E-state index contributed by atoms with van der Waals surface area (Å²) in [5.74, 6) is -2.53. The average molecular weight is 481 g/mol. The van der Waals surface area contributed by atoms with Gasteiger partial charge in [0, 0.05) is 30.6 Å². The van der Waals surface area contributed by atoms with Gasteiger partial charge in [-0.1, -0.05) is 22.9 Å². The fourth-order valence-corrected chi connectivity index (χ4v) is 4.29. The summed E-state index contributed by atoms with van der Waals surface area (Å²) in [4.78, 5) is 50.1. The molecule has 1 aliphatic heterocycles. The van der Waals surface area contributed by atoms with Crippen molar-refractivity contribution in [3.8, 4) is 0 Å². The molecular formula is C20H23N3O9S. The van der Waals surface area contributed by atoms with Crippen molar-refractivity contribution in [2.75, 3.05) is 13.7 Å². The molecule has 12 nitrogen and oxygen atoms in total. The summed E-state index contributed by atoms with van der Waals surface area (Å²) < 4.78 is 26.4. The van der Waals surface area contributed by atoms with Gasteiger partial charge >= 0.3 is 23.9 Å². The summed E-state index contributed by atoms with van der Waals surface area (Å²) >= 11 is 1.07. The topological polar surface area (TPSA) is 163 Å². The highest BCUT2D eigenvalue weighted by molar-refractivity contribution is 7.99. The smallest absolute Gasteiger partial charge is 0.337 e. The Morgan fingerprint density at radius 2 is 1.76 bits per heavy atom. The van der Waals surface area contributed by atoms with Crippen LogP contribution in [0.5, 0.6) is 0 Å². The zero-order chi connectivity index (χ0) is 24.5. The minimum atomic E-state index is -1.19. The molecule has 0 N–H and O–H groups in total. The molecule has 1 heterocycles. The molecule has 13 heteroatoms. The van der Waals surface area contributed by atoms with Gasteiger partial charge < -0.3 is 23.7 Å². The Bertz CT molecular complexity index is 950. The van der Waals surface area contributed by atoms with Gasteiger partial charge in [0.05, 0.1) is 12.7 Å². The molecule has 0 aliphatic carbocycles. The zero-order valence-electron chi connectivity index (χ0n) is 18.3. The van der Waals surface area contributed by atoms with Crippen LogP contribution < -0.4 is 0 Å². The molecule has 1 aromatic carbocycles.